The summed E-state index contributed by atoms with van der Waals surface area (Å²) in [7, 11) is 0. The number of nitrogens with one attached hydrogen (secondary N) is 1. The van der Waals surface area contributed by atoms with Crippen molar-refractivity contribution in [3.63, 3.8) is 0 Å². The van der Waals surface area contributed by atoms with Crippen LogP contribution in [0.1, 0.15) is 35.4 Å². The molecule has 21 heavy (non-hydrogen) atoms. The van der Waals surface area contributed by atoms with Crippen molar-refractivity contribution in [1.82, 2.24) is 5.32 Å². The molecule has 4 nitrogen and oxygen atoms in total. The monoisotopic (exact) mass is 307 g/mol. The Morgan fingerprint density at radius 3 is 2.33 bits per heavy atom. The number of hydrogen-bond acceptors (Lipinski definition) is 3. The van der Waals surface area contributed by atoms with Crippen LogP contribution in [0.4, 0.5) is 0 Å². The maximum atomic E-state index is 12.9. The molecule has 0 aliphatic carbocycles. The summed E-state index contributed by atoms with van der Waals surface area (Å²) >= 11 is 6.04. The second kappa shape index (κ2) is 5.11. The van der Waals surface area contributed by atoms with Crippen LogP contribution >= 0.6 is 11.6 Å². The molecule has 1 unspecified atom stereocenters. The molecule has 1 aromatic rings. The standard InChI is InChI=1S/C16H18ClNO3/c1-9-7-11(17)8-10(2)12(9)13-14(19)16(18-15(13)20)3-5-21-6-4-16/h7-8,13H,3-6H2,1-2H3,(H,18,20). The Labute approximate surface area is 128 Å². The van der Waals surface area contributed by atoms with Crippen molar-refractivity contribution in [2.45, 2.75) is 38.1 Å². The molecular weight excluding hydrogens is 290 g/mol. The highest BCUT2D eigenvalue weighted by molar-refractivity contribution is 6.30. The molecular formula is C16H18ClNO3. The highest BCUT2D eigenvalue weighted by Crippen LogP contribution is 2.38. The van der Waals surface area contributed by atoms with Crippen LogP contribution in [0.3, 0.4) is 0 Å². The molecule has 0 radical (unpaired) electrons. The zero-order chi connectivity index (χ0) is 15.2. The van der Waals surface area contributed by atoms with E-state index in [0.717, 1.165) is 16.7 Å². The molecule has 1 atom stereocenters. The van der Waals surface area contributed by atoms with Gasteiger partial charge in [-0.1, -0.05) is 11.6 Å². The Morgan fingerprint density at radius 2 is 1.76 bits per heavy atom. The van der Waals surface area contributed by atoms with Gasteiger partial charge in [-0.25, -0.2) is 0 Å². The second-order valence-electron chi connectivity index (χ2n) is 5.93. The van der Waals surface area contributed by atoms with Crippen molar-refractivity contribution in [1.29, 1.82) is 0 Å². The Kier molecular flexibility index (Phi) is 3.54. The molecule has 2 saturated heterocycles. The largest absolute Gasteiger partial charge is 0.381 e. The van der Waals surface area contributed by atoms with Crippen LogP contribution in [0.25, 0.3) is 0 Å². The first-order valence-corrected chi connectivity index (χ1v) is 7.53. The summed E-state index contributed by atoms with van der Waals surface area (Å²) in [5.41, 5.74) is 1.83. The lowest BCUT2D eigenvalue weighted by molar-refractivity contribution is -0.127. The summed E-state index contributed by atoms with van der Waals surface area (Å²) < 4.78 is 5.32. The zero-order valence-electron chi connectivity index (χ0n) is 12.2. The maximum absolute atomic E-state index is 12.9. The Bertz CT molecular complexity index is 597. The number of ketones is 1. The van der Waals surface area contributed by atoms with Gasteiger partial charge < -0.3 is 10.1 Å². The lowest BCUT2D eigenvalue weighted by Gasteiger charge is -2.31. The van der Waals surface area contributed by atoms with E-state index < -0.39 is 11.5 Å². The van der Waals surface area contributed by atoms with Crippen LogP contribution in [0.5, 0.6) is 0 Å². The average Bonchev–Trinajstić information content (AvgIpc) is 2.63. The molecule has 2 aliphatic heterocycles. The average molecular weight is 308 g/mol. The van der Waals surface area contributed by atoms with Crippen LogP contribution < -0.4 is 5.32 Å². The van der Waals surface area contributed by atoms with Gasteiger partial charge in [0.25, 0.3) is 0 Å². The predicted octanol–water partition coefficient (Wildman–Crippen LogP) is 2.29. The van der Waals surface area contributed by atoms with E-state index in [4.69, 9.17) is 16.3 Å². The van der Waals surface area contributed by atoms with E-state index in [1.165, 1.54) is 0 Å². The highest BCUT2D eigenvalue weighted by atomic mass is 35.5. The summed E-state index contributed by atoms with van der Waals surface area (Å²) in [4.78, 5) is 25.4. The molecule has 112 valence electrons. The first kappa shape index (κ1) is 14.5. The smallest absolute Gasteiger partial charge is 0.235 e. The first-order valence-electron chi connectivity index (χ1n) is 7.15. The topological polar surface area (TPSA) is 55.4 Å². The third-order valence-electron chi connectivity index (χ3n) is 4.55. The summed E-state index contributed by atoms with van der Waals surface area (Å²) in [6.07, 6.45) is 1.11. The molecule has 0 bridgehead atoms. The lowest BCUT2D eigenvalue weighted by Crippen LogP contribution is -2.50. The van der Waals surface area contributed by atoms with Gasteiger partial charge in [0.05, 0.1) is 0 Å². The van der Waals surface area contributed by atoms with Gasteiger partial charge in [-0.05, 0) is 42.7 Å². The number of aryl methyl sites for hydroxylation is 2. The van der Waals surface area contributed by atoms with Crippen LogP contribution in [0.2, 0.25) is 5.02 Å². The van der Waals surface area contributed by atoms with Crippen molar-refractivity contribution in [3.05, 3.63) is 33.8 Å². The quantitative estimate of drug-likeness (QED) is 0.810. The summed E-state index contributed by atoms with van der Waals surface area (Å²) in [5, 5.41) is 3.56. The lowest BCUT2D eigenvalue weighted by atomic mass is 9.80. The molecule has 2 fully saturated rings. The van der Waals surface area contributed by atoms with Gasteiger partial charge in [-0.3, -0.25) is 9.59 Å². The van der Waals surface area contributed by atoms with Gasteiger partial charge in [0.15, 0.2) is 5.78 Å². The van der Waals surface area contributed by atoms with E-state index in [-0.39, 0.29) is 11.7 Å². The first-order chi connectivity index (χ1) is 9.94. The van der Waals surface area contributed by atoms with E-state index in [1.807, 2.05) is 13.8 Å². The molecule has 1 spiro atoms. The van der Waals surface area contributed by atoms with Crippen molar-refractivity contribution >= 4 is 23.3 Å². The van der Waals surface area contributed by atoms with E-state index in [1.54, 1.807) is 12.1 Å². The Balaban J connectivity index is 2.04. The predicted molar refractivity (Wildman–Crippen MR) is 79.6 cm³/mol. The minimum atomic E-state index is -0.738. The molecule has 2 heterocycles. The van der Waals surface area contributed by atoms with Crippen molar-refractivity contribution in [2.24, 2.45) is 0 Å². The van der Waals surface area contributed by atoms with Crippen LogP contribution in [-0.2, 0) is 14.3 Å². The van der Waals surface area contributed by atoms with Crippen molar-refractivity contribution < 1.29 is 14.3 Å². The fraction of sp³-hybridized carbons (Fsp3) is 0.500. The molecule has 1 N–H and O–H groups in total. The van der Waals surface area contributed by atoms with E-state index in [2.05, 4.69) is 5.32 Å². The van der Waals surface area contributed by atoms with E-state index in [9.17, 15) is 9.59 Å². The Morgan fingerprint density at radius 1 is 1.19 bits per heavy atom. The van der Waals surface area contributed by atoms with Gasteiger partial charge in [0, 0.05) is 31.1 Å². The van der Waals surface area contributed by atoms with Gasteiger partial charge in [-0.2, -0.15) is 0 Å². The van der Waals surface area contributed by atoms with Gasteiger partial charge in [0.2, 0.25) is 5.91 Å². The zero-order valence-corrected chi connectivity index (χ0v) is 12.9. The number of carbonyl (C=O) groups is 2. The molecule has 5 heteroatoms. The number of ether oxygens (including phenoxy) is 1. The summed E-state index contributed by atoms with van der Waals surface area (Å²) in [6, 6.07) is 3.61. The normalized spacial score (nSPS) is 24.4. The number of amides is 1. The molecule has 3 rings (SSSR count). The fourth-order valence-electron chi connectivity index (χ4n) is 3.50. The Hall–Kier alpha value is -1.39. The molecule has 1 aromatic carbocycles. The van der Waals surface area contributed by atoms with Gasteiger partial charge in [-0.15, -0.1) is 0 Å². The third-order valence-corrected chi connectivity index (χ3v) is 4.77. The SMILES string of the molecule is Cc1cc(Cl)cc(C)c1C1C(=O)NC2(CCOCC2)C1=O. The summed E-state index contributed by atoms with van der Waals surface area (Å²) in [6.45, 7) is 4.81. The van der Waals surface area contributed by atoms with Crippen LogP contribution in [-0.4, -0.2) is 30.4 Å². The molecule has 1 amide bonds. The molecule has 2 aliphatic rings. The van der Waals surface area contributed by atoms with Gasteiger partial charge in [0.1, 0.15) is 11.5 Å². The summed E-state index contributed by atoms with van der Waals surface area (Å²) in [5.74, 6) is -0.944. The van der Waals surface area contributed by atoms with E-state index in [0.29, 0.717) is 31.1 Å². The number of Topliss-reactive ketones (excluding diaryl/α,β-unsaturated/α-hetero) is 1. The number of halogens is 1. The second-order valence-corrected chi connectivity index (χ2v) is 6.37. The molecule has 0 saturated carbocycles. The fourth-order valence-corrected chi connectivity index (χ4v) is 3.82. The van der Waals surface area contributed by atoms with Crippen LogP contribution in [0.15, 0.2) is 12.1 Å². The third kappa shape index (κ3) is 2.27. The van der Waals surface area contributed by atoms with Crippen molar-refractivity contribution in [3.8, 4) is 0 Å². The van der Waals surface area contributed by atoms with Gasteiger partial charge >= 0.3 is 0 Å². The number of benzene rings is 1. The number of carbonyl (C=O) groups excluding carboxylic acids is 2. The highest BCUT2D eigenvalue weighted by Gasteiger charge is 2.53. The van der Waals surface area contributed by atoms with E-state index >= 15 is 0 Å². The minimum Gasteiger partial charge on any atom is -0.381 e. The van der Waals surface area contributed by atoms with Crippen LogP contribution in [0, 0.1) is 13.8 Å². The molecule has 0 aromatic heterocycles. The maximum Gasteiger partial charge on any atom is 0.235 e. The minimum absolute atomic E-state index is 0.0238. The number of hydrogen-bond donors (Lipinski definition) is 1. The number of rotatable bonds is 1. The van der Waals surface area contributed by atoms with Crippen molar-refractivity contribution in [2.75, 3.05) is 13.2 Å².